The van der Waals surface area contributed by atoms with Crippen LogP contribution >= 0.6 is 59.4 Å². The number of benzene rings is 1. The monoisotopic (exact) mass is 433 g/mol. The van der Waals surface area contributed by atoms with Crippen LogP contribution in [0.5, 0.6) is 0 Å². The molecular formula is C10H11Br3ClNO. The molecule has 0 heterocycles. The fourth-order valence-electron chi connectivity index (χ4n) is 1.13. The van der Waals surface area contributed by atoms with Crippen LogP contribution in [0.2, 0.25) is 0 Å². The van der Waals surface area contributed by atoms with E-state index in [1.54, 1.807) is 0 Å². The SMILES string of the molecule is Cc1c(Br)cc(Br)c(NCC(O)CCl)c1Br. The second kappa shape index (κ2) is 6.59. The quantitative estimate of drug-likeness (QED) is 0.691. The van der Waals surface area contributed by atoms with Crippen molar-refractivity contribution < 1.29 is 5.11 Å². The molecule has 0 saturated carbocycles. The second-order valence-electron chi connectivity index (χ2n) is 3.34. The highest BCUT2D eigenvalue weighted by atomic mass is 79.9. The van der Waals surface area contributed by atoms with E-state index in [1.165, 1.54) is 0 Å². The number of alkyl halides is 1. The summed E-state index contributed by atoms with van der Waals surface area (Å²) in [4.78, 5) is 0. The molecule has 0 bridgehead atoms. The van der Waals surface area contributed by atoms with Crippen molar-refractivity contribution in [1.82, 2.24) is 0 Å². The van der Waals surface area contributed by atoms with E-state index in [0.717, 1.165) is 24.7 Å². The molecule has 1 aromatic carbocycles. The topological polar surface area (TPSA) is 32.3 Å². The van der Waals surface area contributed by atoms with Crippen LogP contribution in [0.15, 0.2) is 19.5 Å². The number of halogens is 4. The van der Waals surface area contributed by atoms with Gasteiger partial charge in [-0.05, 0) is 50.4 Å². The van der Waals surface area contributed by atoms with Gasteiger partial charge in [-0.2, -0.15) is 0 Å². The lowest BCUT2D eigenvalue weighted by atomic mass is 10.2. The molecule has 0 aromatic heterocycles. The number of hydrogen-bond acceptors (Lipinski definition) is 2. The number of nitrogens with one attached hydrogen (secondary N) is 1. The van der Waals surface area contributed by atoms with E-state index >= 15 is 0 Å². The summed E-state index contributed by atoms with van der Waals surface area (Å²) in [5.74, 6) is 0.220. The van der Waals surface area contributed by atoms with E-state index in [9.17, 15) is 5.11 Å². The van der Waals surface area contributed by atoms with Gasteiger partial charge in [-0.3, -0.25) is 0 Å². The van der Waals surface area contributed by atoms with E-state index in [1.807, 2.05) is 13.0 Å². The van der Waals surface area contributed by atoms with Crippen molar-refractivity contribution in [3.63, 3.8) is 0 Å². The van der Waals surface area contributed by atoms with Gasteiger partial charge in [0.1, 0.15) is 0 Å². The van der Waals surface area contributed by atoms with Gasteiger partial charge in [0.05, 0.1) is 17.7 Å². The molecule has 1 atom stereocenters. The van der Waals surface area contributed by atoms with Gasteiger partial charge in [0.2, 0.25) is 0 Å². The fraction of sp³-hybridized carbons (Fsp3) is 0.400. The van der Waals surface area contributed by atoms with Gasteiger partial charge in [0, 0.05) is 20.0 Å². The molecule has 0 aliphatic carbocycles. The highest BCUT2D eigenvalue weighted by molar-refractivity contribution is 9.11. The van der Waals surface area contributed by atoms with Crippen LogP contribution in [0.3, 0.4) is 0 Å². The summed E-state index contributed by atoms with van der Waals surface area (Å²) in [5.41, 5.74) is 2.02. The first-order chi connectivity index (χ1) is 7.47. The first-order valence-electron chi connectivity index (χ1n) is 4.59. The Kier molecular flexibility index (Phi) is 6.08. The zero-order valence-electron chi connectivity index (χ0n) is 8.53. The lowest BCUT2D eigenvalue weighted by Gasteiger charge is -2.15. The predicted octanol–water partition coefficient (Wildman–Crippen LogP) is 4.29. The van der Waals surface area contributed by atoms with Crippen molar-refractivity contribution in [3.8, 4) is 0 Å². The van der Waals surface area contributed by atoms with Crippen molar-refractivity contribution >= 4 is 65.1 Å². The summed E-state index contributed by atoms with van der Waals surface area (Å²) in [6.45, 7) is 2.42. The average molecular weight is 436 g/mol. The Morgan fingerprint density at radius 3 is 2.56 bits per heavy atom. The third kappa shape index (κ3) is 3.60. The minimum absolute atomic E-state index is 0.220. The summed E-state index contributed by atoms with van der Waals surface area (Å²) in [5, 5.41) is 12.5. The van der Waals surface area contributed by atoms with Crippen LogP contribution in [0, 0.1) is 6.92 Å². The molecule has 6 heteroatoms. The summed E-state index contributed by atoms with van der Waals surface area (Å²) in [6.07, 6.45) is -0.551. The molecule has 2 nitrogen and oxygen atoms in total. The Balaban J connectivity index is 2.92. The van der Waals surface area contributed by atoms with Crippen molar-refractivity contribution in [2.45, 2.75) is 13.0 Å². The number of anilines is 1. The molecule has 0 fully saturated rings. The van der Waals surface area contributed by atoms with Crippen LogP contribution in [-0.2, 0) is 0 Å². The normalized spacial score (nSPS) is 12.6. The second-order valence-corrected chi connectivity index (χ2v) is 6.15. The standard InChI is InChI=1S/C10H11Br3ClNO/c1-5-7(11)2-8(12)10(9(5)13)15-4-6(16)3-14/h2,6,15-16H,3-4H2,1H3. The van der Waals surface area contributed by atoms with Crippen LogP contribution in [0.1, 0.15) is 5.56 Å². The van der Waals surface area contributed by atoms with Gasteiger partial charge in [-0.1, -0.05) is 15.9 Å². The summed E-state index contributed by atoms with van der Waals surface area (Å²) in [6, 6.07) is 1.97. The molecule has 0 amide bonds. The summed E-state index contributed by atoms with van der Waals surface area (Å²) >= 11 is 16.0. The zero-order valence-corrected chi connectivity index (χ0v) is 14.0. The van der Waals surface area contributed by atoms with Crippen LogP contribution in [0.25, 0.3) is 0 Å². The fourth-order valence-corrected chi connectivity index (χ4v) is 3.64. The van der Waals surface area contributed by atoms with E-state index in [2.05, 4.69) is 53.1 Å². The molecule has 90 valence electrons. The summed E-state index contributed by atoms with van der Waals surface area (Å²) in [7, 11) is 0. The largest absolute Gasteiger partial charge is 0.390 e. The van der Waals surface area contributed by atoms with E-state index in [0.29, 0.717) is 6.54 Å². The van der Waals surface area contributed by atoms with E-state index in [-0.39, 0.29) is 5.88 Å². The molecule has 1 unspecified atom stereocenters. The highest BCUT2D eigenvalue weighted by Gasteiger charge is 2.12. The first-order valence-corrected chi connectivity index (χ1v) is 7.50. The predicted molar refractivity (Wildman–Crippen MR) is 79.5 cm³/mol. The molecule has 1 rings (SSSR count). The first kappa shape index (κ1) is 14.8. The average Bonchev–Trinajstić information content (AvgIpc) is 2.25. The van der Waals surface area contributed by atoms with Crippen LogP contribution in [0.4, 0.5) is 5.69 Å². The lowest BCUT2D eigenvalue weighted by molar-refractivity contribution is 0.211. The molecule has 1 aromatic rings. The van der Waals surface area contributed by atoms with Crippen molar-refractivity contribution in [3.05, 3.63) is 25.0 Å². The molecule has 16 heavy (non-hydrogen) atoms. The van der Waals surface area contributed by atoms with Gasteiger partial charge < -0.3 is 10.4 Å². The van der Waals surface area contributed by atoms with Crippen molar-refractivity contribution in [2.24, 2.45) is 0 Å². The third-order valence-electron chi connectivity index (χ3n) is 2.09. The number of aliphatic hydroxyl groups excluding tert-OH is 1. The molecule has 0 aliphatic heterocycles. The van der Waals surface area contributed by atoms with Gasteiger partial charge in [0.15, 0.2) is 0 Å². The smallest absolute Gasteiger partial charge is 0.0847 e. The minimum atomic E-state index is -0.551. The van der Waals surface area contributed by atoms with E-state index < -0.39 is 6.10 Å². The van der Waals surface area contributed by atoms with Gasteiger partial charge in [-0.25, -0.2) is 0 Å². The Labute approximate surface area is 125 Å². The number of hydrogen-bond donors (Lipinski definition) is 2. The van der Waals surface area contributed by atoms with Crippen LogP contribution in [-0.4, -0.2) is 23.6 Å². The van der Waals surface area contributed by atoms with Gasteiger partial charge in [-0.15, -0.1) is 11.6 Å². The maximum Gasteiger partial charge on any atom is 0.0847 e. The Morgan fingerprint density at radius 1 is 1.38 bits per heavy atom. The number of aliphatic hydroxyl groups is 1. The van der Waals surface area contributed by atoms with Gasteiger partial charge >= 0.3 is 0 Å². The molecule has 0 radical (unpaired) electrons. The minimum Gasteiger partial charge on any atom is -0.390 e. The van der Waals surface area contributed by atoms with Gasteiger partial charge in [0.25, 0.3) is 0 Å². The molecule has 0 saturated heterocycles. The summed E-state index contributed by atoms with van der Waals surface area (Å²) < 4.78 is 2.92. The van der Waals surface area contributed by atoms with Crippen LogP contribution < -0.4 is 5.32 Å². The maximum absolute atomic E-state index is 9.39. The molecular weight excluding hydrogens is 425 g/mol. The molecule has 0 spiro atoms. The Morgan fingerprint density at radius 2 is 2.00 bits per heavy atom. The Bertz CT molecular complexity index is 387. The third-order valence-corrected chi connectivity index (χ3v) is 4.89. The van der Waals surface area contributed by atoms with Crippen molar-refractivity contribution in [2.75, 3.05) is 17.7 Å². The maximum atomic E-state index is 9.39. The molecule has 2 N–H and O–H groups in total. The van der Waals surface area contributed by atoms with E-state index in [4.69, 9.17) is 11.6 Å². The van der Waals surface area contributed by atoms with Crippen molar-refractivity contribution in [1.29, 1.82) is 0 Å². The number of rotatable bonds is 4. The molecule has 0 aliphatic rings. The lowest BCUT2D eigenvalue weighted by Crippen LogP contribution is -2.21. The zero-order chi connectivity index (χ0) is 12.3. The Hall–Kier alpha value is 0.710. The highest BCUT2D eigenvalue weighted by Crippen LogP contribution is 2.37.